The first-order valence-corrected chi connectivity index (χ1v) is 15.5. The Kier molecular flexibility index (Phi) is 8.30. The number of hydrogen-bond acceptors (Lipinski definition) is 10. The van der Waals surface area contributed by atoms with Crippen molar-refractivity contribution < 1.29 is 28.8 Å². The van der Waals surface area contributed by atoms with Gasteiger partial charge in [0.15, 0.2) is 22.6 Å². The number of nitrogens with zero attached hydrogens (tertiary/aromatic N) is 3. The summed E-state index contributed by atoms with van der Waals surface area (Å²) >= 11 is 1.61. The van der Waals surface area contributed by atoms with Gasteiger partial charge in [-0.15, -0.1) is 0 Å². The van der Waals surface area contributed by atoms with Crippen LogP contribution in [-0.2, 0) is 11.2 Å². The van der Waals surface area contributed by atoms with Gasteiger partial charge in [0.1, 0.15) is 11.8 Å². The molecular weight excluding hydrogens is 552 g/mol. The number of thioether (sulfide) groups is 1. The molecule has 1 heterocycles. The van der Waals surface area contributed by atoms with Gasteiger partial charge in [-0.05, 0) is 80.9 Å². The van der Waals surface area contributed by atoms with Crippen LogP contribution in [0.15, 0.2) is 28.5 Å². The Morgan fingerprint density at radius 3 is 2.73 bits per heavy atom. The smallest absolute Gasteiger partial charge is 0.189 e. The predicted molar refractivity (Wildman–Crippen MR) is 148 cm³/mol. The van der Waals surface area contributed by atoms with Crippen molar-refractivity contribution in [2.45, 2.75) is 86.8 Å². The van der Waals surface area contributed by atoms with E-state index >= 15 is 0 Å². The summed E-state index contributed by atoms with van der Waals surface area (Å²) in [6, 6.07) is 3.98. The van der Waals surface area contributed by atoms with Gasteiger partial charge in [0.2, 0.25) is 0 Å². The number of aromatic nitrogens is 2. The van der Waals surface area contributed by atoms with Crippen molar-refractivity contribution in [1.82, 2.24) is 9.97 Å². The Morgan fingerprint density at radius 1 is 1.17 bits per heavy atom. The van der Waals surface area contributed by atoms with E-state index in [4.69, 9.17) is 25.3 Å². The lowest BCUT2D eigenvalue weighted by Crippen LogP contribution is -2.33. The molecule has 1 aromatic heterocycles. The van der Waals surface area contributed by atoms with Crippen molar-refractivity contribution >= 4 is 23.3 Å². The molecule has 41 heavy (non-hydrogen) atoms. The number of benzene rings is 1. The van der Waals surface area contributed by atoms with Crippen molar-refractivity contribution in [3.05, 3.63) is 41.1 Å². The molecule has 4 aliphatic rings. The standard InChI is InChI=1S/C29H37F2N5O4S/c30-19-7-6-16(10-20(19)31)18-11-22(18)33-27-24(36-32)21(34-28(35-27)41-14-15-4-5-15)3-1-2-17-12-29(17)13-23(40-9-8-37)25(38)26(29)39/h6-7,10,15,17-18,22-23,25-26,32,37-39H,1-5,8-9,11-14H2,(H,33,34,35)/t17-,18-,22+,23-,25+,26+,29+/m0/s1. The zero-order chi connectivity index (χ0) is 28.7. The van der Waals surface area contributed by atoms with E-state index in [1.54, 1.807) is 17.8 Å². The van der Waals surface area contributed by atoms with Crippen molar-refractivity contribution in [2.75, 3.05) is 24.3 Å². The lowest BCUT2D eigenvalue weighted by atomic mass is 9.96. The third kappa shape index (κ3) is 6.13. The van der Waals surface area contributed by atoms with Crippen molar-refractivity contribution in [3.63, 3.8) is 0 Å². The zero-order valence-corrected chi connectivity index (χ0v) is 23.6. The minimum atomic E-state index is -0.945. The molecule has 0 unspecified atom stereocenters. The van der Waals surface area contributed by atoms with E-state index in [1.807, 2.05) is 0 Å². The number of hydrogen-bond donors (Lipinski definition) is 5. The molecule has 222 valence electrons. The second-order valence-corrected chi connectivity index (χ2v) is 13.1. The molecule has 0 radical (unpaired) electrons. The Balaban J connectivity index is 1.12. The summed E-state index contributed by atoms with van der Waals surface area (Å²) < 4.78 is 32.8. The maximum Gasteiger partial charge on any atom is 0.189 e. The number of rotatable bonds is 14. The fourth-order valence-corrected chi connectivity index (χ4v) is 7.54. The van der Waals surface area contributed by atoms with Crippen molar-refractivity contribution in [1.29, 1.82) is 5.53 Å². The van der Waals surface area contributed by atoms with E-state index in [1.165, 1.54) is 18.9 Å². The summed E-state index contributed by atoms with van der Waals surface area (Å²) in [7, 11) is 0. The average Bonchev–Trinajstić information content (AvgIpc) is 3.87. The first kappa shape index (κ1) is 28.9. The summed E-state index contributed by atoms with van der Waals surface area (Å²) in [5.74, 6) is 0.698. The largest absolute Gasteiger partial charge is 0.394 e. The summed E-state index contributed by atoms with van der Waals surface area (Å²) in [5, 5.41) is 38.1. The molecule has 2 aromatic rings. The molecule has 5 N–H and O–H groups in total. The number of anilines is 1. The number of aliphatic hydroxyl groups is 3. The van der Waals surface area contributed by atoms with Crippen LogP contribution in [0.4, 0.5) is 20.3 Å². The second kappa shape index (κ2) is 11.8. The van der Waals surface area contributed by atoms with Gasteiger partial charge in [-0.2, -0.15) is 5.11 Å². The van der Waals surface area contributed by atoms with Crippen LogP contribution >= 0.6 is 11.8 Å². The highest BCUT2D eigenvalue weighted by Gasteiger charge is 2.66. The van der Waals surface area contributed by atoms with Crippen LogP contribution in [0.5, 0.6) is 0 Å². The lowest BCUT2D eigenvalue weighted by Gasteiger charge is -2.17. The fraction of sp³-hybridized carbons (Fsp3) is 0.655. The number of aryl methyl sites for hydroxylation is 1. The minimum absolute atomic E-state index is 0.0213. The maximum atomic E-state index is 13.8. The van der Waals surface area contributed by atoms with E-state index in [0.29, 0.717) is 41.1 Å². The van der Waals surface area contributed by atoms with Crippen molar-refractivity contribution in [2.24, 2.45) is 22.4 Å². The van der Waals surface area contributed by atoms with Gasteiger partial charge >= 0.3 is 0 Å². The number of ether oxygens (including phenoxy) is 1. The van der Waals surface area contributed by atoms with E-state index in [-0.39, 0.29) is 36.5 Å². The van der Waals surface area contributed by atoms with E-state index < -0.39 is 29.9 Å². The van der Waals surface area contributed by atoms with Gasteiger partial charge in [-0.3, -0.25) is 0 Å². The van der Waals surface area contributed by atoms with Crippen LogP contribution in [-0.4, -0.2) is 68.6 Å². The minimum Gasteiger partial charge on any atom is -0.394 e. The third-order valence-electron chi connectivity index (χ3n) is 9.22. The molecule has 0 amide bonds. The molecule has 9 nitrogen and oxygen atoms in total. The summed E-state index contributed by atoms with van der Waals surface area (Å²) in [6.07, 6.45) is 4.56. The number of halogens is 2. The van der Waals surface area contributed by atoms with Crippen LogP contribution in [0.3, 0.4) is 0 Å². The highest BCUT2D eigenvalue weighted by molar-refractivity contribution is 7.99. The van der Waals surface area contributed by atoms with Gasteiger partial charge in [-0.25, -0.2) is 24.3 Å². The number of nitrogens with one attached hydrogen (secondary N) is 2. The van der Waals surface area contributed by atoms with E-state index in [9.17, 15) is 19.0 Å². The van der Waals surface area contributed by atoms with Gasteiger partial charge in [0.25, 0.3) is 0 Å². The quantitative estimate of drug-likeness (QED) is 0.121. The monoisotopic (exact) mass is 589 g/mol. The van der Waals surface area contributed by atoms with Crippen LogP contribution in [0.2, 0.25) is 0 Å². The topological polar surface area (TPSA) is 144 Å². The molecule has 6 rings (SSSR count). The van der Waals surface area contributed by atoms with Gasteiger partial charge in [0.05, 0.1) is 31.1 Å². The summed E-state index contributed by atoms with van der Waals surface area (Å²) in [5.41, 5.74) is 9.40. The highest BCUT2D eigenvalue weighted by Crippen LogP contribution is 2.65. The van der Waals surface area contributed by atoms with Gasteiger partial charge in [0, 0.05) is 23.1 Å². The maximum absolute atomic E-state index is 13.8. The third-order valence-corrected chi connectivity index (χ3v) is 10.3. The molecule has 4 aliphatic carbocycles. The lowest BCUT2D eigenvalue weighted by molar-refractivity contribution is -0.0646. The first-order valence-electron chi connectivity index (χ1n) is 14.5. The highest BCUT2D eigenvalue weighted by atomic mass is 32.2. The average molecular weight is 590 g/mol. The Bertz CT molecular complexity index is 1290. The molecule has 7 atom stereocenters. The van der Waals surface area contributed by atoms with Crippen LogP contribution in [0, 0.1) is 34.4 Å². The molecule has 4 saturated carbocycles. The number of aliphatic hydroxyl groups excluding tert-OH is 3. The Morgan fingerprint density at radius 2 is 2.00 bits per heavy atom. The SMILES string of the molecule is N=Nc1c(CCC[C@H]2C[C@@]23C[C@H](OCCO)[C@@H](O)[C@H]3O)nc(SCC2CC2)nc1N[C@@H]1C[C@H]1c1ccc(F)c(F)c1. The summed E-state index contributed by atoms with van der Waals surface area (Å²) in [6.45, 7) is 0.0180. The molecule has 0 saturated heterocycles. The molecule has 0 aliphatic heterocycles. The first-order chi connectivity index (χ1) is 19.8. The van der Waals surface area contributed by atoms with Crippen LogP contribution in [0.1, 0.15) is 62.1 Å². The van der Waals surface area contributed by atoms with Crippen LogP contribution in [0.25, 0.3) is 0 Å². The molecule has 1 aromatic carbocycles. The molecule has 4 fully saturated rings. The second-order valence-electron chi connectivity index (χ2n) is 12.1. The fourth-order valence-electron chi connectivity index (χ4n) is 6.49. The Hall–Kier alpha value is -2.25. The molecule has 0 bridgehead atoms. The summed E-state index contributed by atoms with van der Waals surface area (Å²) in [4.78, 5) is 9.49. The van der Waals surface area contributed by atoms with Gasteiger partial charge in [-0.1, -0.05) is 17.8 Å². The molecule has 12 heteroatoms. The van der Waals surface area contributed by atoms with Crippen LogP contribution < -0.4 is 5.32 Å². The normalized spacial score (nSPS) is 31.9. The Labute approximate surface area is 242 Å². The van der Waals surface area contributed by atoms with Crippen molar-refractivity contribution in [3.8, 4) is 0 Å². The molecule has 1 spiro atoms. The predicted octanol–water partition coefficient (Wildman–Crippen LogP) is 4.72. The van der Waals surface area contributed by atoms with E-state index in [0.717, 1.165) is 43.1 Å². The molecular formula is C29H37F2N5O4S. The van der Waals surface area contributed by atoms with Gasteiger partial charge < -0.3 is 25.4 Å². The van der Waals surface area contributed by atoms with E-state index in [2.05, 4.69) is 10.4 Å². The zero-order valence-electron chi connectivity index (χ0n) is 22.8.